The van der Waals surface area contributed by atoms with E-state index in [1.807, 2.05) is 6.92 Å². The van der Waals surface area contributed by atoms with Gasteiger partial charge in [0.25, 0.3) is 10.0 Å². The Labute approximate surface area is 189 Å². The summed E-state index contributed by atoms with van der Waals surface area (Å²) in [6.45, 7) is 11.4. The van der Waals surface area contributed by atoms with Gasteiger partial charge in [0.15, 0.2) is 5.17 Å². The van der Waals surface area contributed by atoms with Crippen LogP contribution in [0.25, 0.3) is 12.2 Å². The number of anilines is 1. The topological polar surface area (TPSA) is 70.9 Å². The first kappa shape index (κ1) is 23.5. The lowest BCUT2D eigenvalue weighted by Gasteiger charge is -2.18. The van der Waals surface area contributed by atoms with Gasteiger partial charge in [0.05, 0.1) is 5.69 Å². The van der Waals surface area contributed by atoms with E-state index < -0.39 is 10.0 Å². The first-order valence-electron chi connectivity index (χ1n) is 8.37. The normalized spacial score (nSPS) is 12.2. The molecule has 29 heavy (non-hydrogen) atoms. The van der Waals surface area contributed by atoms with E-state index in [2.05, 4.69) is 56.0 Å². The van der Waals surface area contributed by atoms with Crippen molar-refractivity contribution < 1.29 is 8.42 Å². The predicted octanol–water partition coefficient (Wildman–Crippen LogP) is 6.23. The Morgan fingerprint density at radius 1 is 1.24 bits per heavy atom. The smallest absolute Gasteiger partial charge is 0.263 e. The van der Waals surface area contributed by atoms with Gasteiger partial charge in [0.2, 0.25) is 0 Å². The number of amidine groups is 1. The van der Waals surface area contributed by atoms with Gasteiger partial charge in [-0.05, 0) is 83.7 Å². The number of benzene rings is 2. The average molecular weight is 511 g/mol. The number of sulfonamides is 1. The van der Waals surface area contributed by atoms with Crippen LogP contribution in [-0.4, -0.2) is 19.8 Å². The zero-order chi connectivity index (χ0) is 21.6. The first-order chi connectivity index (χ1) is 13.8. The standard InChI is InChI=1S/C20H20BrN3O2S3/c1-5-14-13(4)18(28-20(23-27)22-7-3)12-17(15(14)6-2)24-29(25,26)19-11-9-8-10-16(19)21/h5-12,24,27H,1-2H2,3-4H3/b22-7-,23-20+. The summed E-state index contributed by atoms with van der Waals surface area (Å²) in [6, 6.07) is 8.36. The van der Waals surface area contributed by atoms with Crippen molar-refractivity contribution in [3.63, 3.8) is 0 Å². The van der Waals surface area contributed by atoms with Crippen LogP contribution in [0.15, 0.2) is 67.1 Å². The average Bonchev–Trinajstić information content (AvgIpc) is 2.69. The maximum absolute atomic E-state index is 13.0. The van der Waals surface area contributed by atoms with E-state index in [1.165, 1.54) is 17.8 Å². The number of nitrogens with zero attached hydrogens (tertiary/aromatic N) is 2. The van der Waals surface area contributed by atoms with Gasteiger partial charge >= 0.3 is 0 Å². The molecule has 5 nitrogen and oxygen atoms in total. The second kappa shape index (κ2) is 10.3. The summed E-state index contributed by atoms with van der Waals surface area (Å²) in [6.07, 6.45) is 4.89. The summed E-state index contributed by atoms with van der Waals surface area (Å²) in [5.41, 5.74) is 2.71. The van der Waals surface area contributed by atoms with Crippen molar-refractivity contribution in [3.05, 3.63) is 64.7 Å². The summed E-state index contributed by atoms with van der Waals surface area (Å²) in [5, 5.41) is 0.430. The van der Waals surface area contributed by atoms with E-state index in [0.717, 1.165) is 16.0 Å². The van der Waals surface area contributed by atoms with Gasteiger partial charge in [-0.1, -0.05) is 37.4 Å². The number of hydrogen-bond donors (Lipinski definition) is 2. The van der Waals surface area contributed by atoms with Gasteiger partial charge in [0.1, 0.15) is 4.90 Å². The molecule has 0 aromatic heterocycles. The third-order valence-electron chi connectivity index (χ3n) is 3.93. The third-order valence-corrected chi connectivity index (χ3v) is 7.66. The highest BCUT2D eigenvalue weighted by atomic mass is 79.9. The van der Waals surface area contributed by atoms with Crippen molar-refractivity contribution in [3.8, 4) is 0 Å². The van der Waals surface area contributed by atoms with Crippen LogP contribution in [0.3, 0.4) is 0 Å². The molecule has 0 saturated heterocycles. The van der Waals surface area contributed by atoms with Crippen LogP contribution in [0.2, 0.25) is 0 Å². The molecule has 9 heteroatoms. The van der Waals surface area contributed by atoms with E-state index in [0.29, 0.717) is 20.9 Å². The van der Waals surface area contributed by atoms with Crippen molar-refractivity contribution in [2.45, 2.75) is 23.6 Å². The molecule has 2 aromatic rings. The minimum Gasteiger partial charge on any atom is -0.279 e. The fraction of sp³-hybridized carbons (Fsp3) is 0.100. The fourth-order valence-corrected chi connectivity index (χ4v) is 5.70. The second-order valence-electron chi connectivity index (χ2n) is 5.69. The van der Waals surface area contributed by atoms with Crippen LogP contribution in [0.1, 0.15) is 23.6 Å². The van der Waals surface area contributed by atoms with Crippen LogP contribution in [-0.2, 0) is 10.0 Å². The first-order valence-corrected chi connectivity index (χ1v) is 11.9. The van der Waals surface area contributed by atoms with Gasteiger partial charge in [-0.2, -0.15) is 4.40 Å². The van der Waals surface area contributed by atoms with E-state index in [4.69, 9.17) is 0 Å². The summed E-state index contributed by atoms with van der Waals surface area (Å²) >= 11 is 8.53. The molecule has 0 aliphatic heterocycles. The van der Waals surface area contributed by atoms with Crippen molar-refractivity contribution >= 4 is 79.8 Å². The Morgan fingerprint density at radius 3 is 2.45 bits per heavy atom. The highest BCUT2D eigenvalue weighted by molar-refractivity contribution is 9.10. The minimum atomic E-state index is -3.84. The number of halogens is 1. The molecule has 0 spiro atoms. The van der Waals surface area contributed by atoms with Crippen molar-refractivity contribution in [2.24, 2.45) is 9.39 Å². The molecule has 0 amide bonds. The quantitative estimate of drug-likeness (QED) is 0.210. The predicted molar refractivity (Wildman–Crippen MR) is 133 cm³/mol. The highest BCUT2D eigenvalue weighted by Crippen LogP contribution is 2.36. The highest BCUT2D eigenvalue weighted by Gasteiger charge is 2.21. The van der Waals surface area contributed by atoms with Crippen molar-refractivity contribution in [1.29, 1.82) is 0 Å². The van der Waals surface area contributed by atoms with E-state index in [-0.39, 0.29) is 4.90 Å². The Morgan fingerprint density at radius 2 is 1.90 bits per heavy atom. The molecule has 0 radical (unpaired) electrons. The molecule has 2 aromatic carbocycles. The van der Waals surface area contributed by atoms with E-state index >= 15 is 0 Å². The fourth-order valence-electron chi connectivity index (χ4n) is 2.61. The second-order valence-corrected chi connectivity index (χ2v) is 9.40. The zero-order valence-electron chi connectivity index (χ0n) is 15.9. The number of thioether (sulfide) groups is 1. The van der Waals surface area contributed by atoms with Crippen LogP contribution >= 0.6 is 40.5 Å². The lowest BCUT2D eigenvalue weighted by molar-refractivity contribution is 0.600. The Balaban J connectivity index is 2.64. The summed E-state index contributed by atoms with van der Waals surface area (Å²) in [7, 11) is -3.84. The van der Waals surface area contributed by atoms with Gasteiger partial charge in [-0.25, -0.2) is 13.4 Å². The Hall–Kier alpha value is -1.81. The molecule has 1 N–H and O–H groups in total. The molecule has 0 aliphatic carbocycles. The molecule has 0 aliphatic rings. The molecular formula is C20H20BrN3O2S3. The zero-order valence-corrected chi connectivity index (χ0v) is 20.0. The molecule has 0 fully saturated rings. The van der Waals surface area contributed by atoms with Crippen molar-refractivity contribution in [1.82, 2.24) is 0 Å². The SMILES string of the molecule is C=Cc1c(NS(=O)(=O)c2ccccc2Br)cc(SC(/N=C\C)=N/S)c(C)c1C=C. The number of hydrogen-bond acceptors (Lipinski definition) is 5. The van der Waals surface area contributed by atoms with Crippen LogP contribution < -0.4 is 4.72 Å². The minimum absolute atomic E-state index is 0.137. The van der Waals surface area contributed by atoms with Gasteiger partial charge in [-0.15, -0.1) is 0 Å². The third kappa shape index (κ3) is 5.42. The van der Waals surface area contributed by atoms with Crippen LogP contribution in [0.5, 0.6) is 0 Å². The van der Waals surface area contributed by atoms with Crippen molar-refractivity contribution in [2.75, 3.05) is 4.72 Å². The number of thiol groups is 1. The van der Waals surface area contributed by atoms with Gasteiger partial charge in [0, 0.05) is 21.1 Å². The molecule has 2 rings (SSSR count). The van der Waals surface area contributed by atoms with E-state index in [1.54, 1.807) is 49.6 Å². The monoisotopic (exact) mass is 509 g/mol. The van der Waals surface area contributed by atoms with Gasteiger partial charge in [-0.3, -0.25) is 4.72 Å². The summed E-state index contributed by atoms with van der Waals surface area (Å²) in [4.78, 5) is 5.07. The molecule has 0 heterocycles. The van der Waals surface area contributed by atoms with Crippen LogP contribution in [0, 0.1) is 6.92 Å². The van der Waals surface area contributed by atoms with Crippen LogP contribution in [0.4, 0.5) is 5.69 Å². The molecule has 0 atom stereocenters. The Bertz CT molecular complexity index is 1110. The summed E-state index contributed by atoms with van der Waals surface area (Å²) in [5.74, 6) is 0. The lowest BCUT2D eigenvalue weighted by Crippen LogP contribution is -2.15. The molecule has 152 valence electrons. The number of nitrogens with one attached hydrogen (secondary N) is 1. The maximum Gasteiger partial charge on any atom is 0.263 e. The molecule has 0 saturated carbocycles. The molecule has 0 bridgehead atoms. The lowest BCUT2D eigenvalue weighted by atomic mass is 10.00. The molecular weight excluding hydrogens is 490 g/mol. The number of rotatable bonds is 6. The number of aliphatic imine (C=N–C) groups is 1. The van der Waals surface area contributed by atoms with E-state index in [9.17, 15) is 8.42 Å². The van der Waals surface area contributed by atoms with Gasteiger partial charge < -0.3 is 0 Å². The molecule has 0 unspecified atom stereocenters. The largest absolute Gasteiger partial charge is 0.279 e. The maximum atomic E-state index is 13.0. The summed E-state index contributed by atoms with van der Waals surface area (Å²) < 4.78 is 33.0. The Kier molecular flexibility index (Phi) is 8.33.